The van der Waals surface area contributed by atoms with Crippen LogP contribution in [0.3, 0.4) is 0 Å². The maximum absolute atomic E-state index is 14.5. The van der Waals surface area contributed by atoms with Gasteiger partial charge in [-0.05, 0) is 60.9 Å². The van der Waals surface area contributed by atoms with Crippen LogP contribution in [0.15, 0.2) is 17.7 Å². The van der Waals surface area contributed by atoms with Crippen molar-refractivity contribution in [1.29, 1.82) is 5.26 Å². The summed E-state index contributed by atoms with van der Waals surface area (Å²) in [7, 11) is 0. The summed E-state index contributed by atoms with van der Waals surface area (Å²) >= 11 is 0. The van der Waals surface area contributed by atoms with E-state index in [1.54, 1.807) is 12.1 Å². The number of Topliss-reactive ketones (excluding diaryl/α,β-unsaturated/α-hetero) is 1. The number of alkyl halides is 1. The highest BCUT2D eigenvalue weighted by atomic mass is 19.1. The molecule has 1 spiro atoms. The summed E-state index contributed by atoms with van der Waals surface area (Å²) in [4.78, 5) is 12.5. The molecule has 4 atom stereocenters. The lowest BCUT2D eigenvalue weighted by atomic mass is 9.59. The Labute approximate surface area is 139 Å². The molecule has 24 heavy (non-hydrogen) atoms. The number of fused-ring (bicyclic) bond motifs is 2. The number of halogens is 1. The highest BCUT2D eigenvalue weighted by Crippen LogP contribution is 2.79. The topological polar surface area (TPSA) is 61.1 Å². The fraction of sp³-hybridized carbons (Fsp3) is 0.500. The lowest BCUT2D eigenvalue weighted by molar-refractivity contribution is -0.132. The van der Waals surface area contributed by atoms with Crippen LogP contribution in [-0.2, 0) is 11.2 Å². The minimum absolute atomic E-state index is 0.0308. The molecule has 0 saturated heterocycles. The molecule has 0 aliphatic heterocycles. The summed E-state index contributed by atoms with van der Waals surface area (Å²) in [5.74, 6) is -0.308. The molecule has 1 aromatic carbocycles. The van der Waals surface area contributed by atoms with Gasteiger partial charge in [0, 0.05) is 16.7 Å². The van der Waals surface area contributed by atoms with Gasteiger partial charge < -0.3 is 5.11 Å². The molecule has 3 nitrogen and oxygen atoms in total. The Morgan fingerprint density at radius 2 is 2.12 bits per heavy atom. The van der Waals surface area contributed by atoms with E-state index in [4.69, 9.17) is 0 Å². The summed E-state index contributed by atoms with van der Waals surface area (Å²) in [5, 5.41) is 19.2. The fourth-order valence-electron chi connectivity index (χ4n) is 5.94. The fourth-order valence-corrected chi connectivity index (χ4v) is 5.94. The second kappa shape index (κ2) is 4.08. The SMILES string of the molecule is C[C@]12CCC3=C(CCc4cc(O)c(C#N)cc43)C13CC3[C@@H](F)C2=O. The number of benzene rings is 1. The van der Waals surface area contributed by atoms with E-state index in [0.29, 0.717) is 6.42 Å². The zero-order valence-corrected chi connectivity index (χ0v) is 13.5. The first-order valence-corrected chi connectivity index (χ1v) is 8.61. The van der Waals surface area contributed by atoms with E-state index < -0.39 is 11.6 Å². The van der Waals surface area contributed by atoms with Crippen LogP contribution in [0.4, 0.5) is 4.39 Å². The van der Waals surface area contributed by atoms with Gasteiger partial charge in [-0.2, -0.15) is 5.26 Å². The molecule has 122 valence electrons. The highest BCUT2D eigenvalue weighted by molar-refractivity contribution is 5.97. The number of carbonyl (C=O) groups excluding carboxylic acids is 1. The average Bonchev–Trinajstić information content (AvgIpc) is 3.29. The van der Waals surface area contributed by atoms with Gasteiger partial charge in [-0.1, -0.05) is 12.5 Å². The number of ketones is 1. The molecular formula is C20H18FNO2. The van der Waals surface area contributed by atoms with Crippen molar-refractivity contribution in [2.75, 3.05) is 0 Å². The predicted octanol–water partition coefficient (Wildman–Crippen LogP) is 3.69. The number of aryl methyl sites for hydroxylation is 1. The molecular weight excluding hydrogens is 305 g/mol. The minimum atomic E-state index is -1.31. The first kappa shape index (κ1) is 14.2. The number of nitrogens with zero attached hydrogens (tertiary/aromatic N) is 1. The third-order valence-electron chi connectivity index (χ3n) is 7.24. The van der Waals surface area contributed by atoms with Crippen LogP contribution < -0.4 is 0 Å². The van der Waals surface area contributed by atoms with Crippen LogP contribution in [0.1, 0.15) is 49.3 Å². The molecule has 4 aliphatic rings. The van der Waals surface area contributed by atoms with Gasteiger partial charge in [-0.25, -0.2) is 4.39 Å². The first-order valence-electron chi connectivity index (χ1n) is 8.61. The summed E-state index contributed by atoms with van der Waals surface area (Å²) in [6.07, 6.45) is 2.53. The van der Waals surface area contributed by atoms with Crippen molar-refractivity contribution in [3.8, 4) is 11.8 Å². The first-order chi connectivity index (χ1) is 11.4. The predicted molar refractivity (Wildman–Crippen MR) is 85.8 cm³/mol. The third-order valence-corrected chi connectivity index (χ3v) is 7.24. The Kier molecular flexibility index (Phi) is 2.42. The van der Waals surface area contributed by atoms with Crippen LogP contribution in [-0.4, -0.2) is 17.1 Å². The van der Waals surface area contributed by atoms with Crippen LogP contribution in [0.2, 0.25) is 0 Å². The molecule has 2 fully saturated rings. The molecule has 2 saturated carbocycles. The van der Waals surface area contributed by atoms with Crippen molar-refractivity contribution in [2.45, 2.75) is 45.2 Å². The minimum Gasteiger partial charge on any atom is -0.507 e. The van der Waals surface area contributed by atoms with Gasteiger partial charge >= 0.3 is 0 Å². The van der Waals surface area contributed by atoms with E-state index in [1.165, 1.54) is 11.1 Å². The molecule has 0 radical (unpaired) electrons. The zero-order chi connectivity index (χ0) is 16.9. The van der Waals surface area contributed by atoms with E-state index in [1.807, 2.05) is 13.0 Å². The largest absolute Gasteiger partial charge is 0.507 e. The Hall–Kier alpha value is -2.15. The number of hydrogen-bond donors (Lipinski definition) is 1. The summed E-state index contributed by atoms with van der Waals surface area (Å²) in [5.41, 5.74) is 4.01. The average molecular weight is 323 g/mol. The number of hydrogen-bond acceptors (Lipinski definition) is 3. The van der Waals surface area contributed by atoms with Gasteiger partial charge in [-0.15, -0.1) is 0 Å². The van der Waals surface area contributed by atoms with Crippen LogP contribution >= 0.6 is 0 Å². The summed E-state index contributed by atoms with van der Waals surface area (Å²) in [6.45, 7) is 1.96. The maximum Gasteiger partial charge on any atom is 0.173 e. The number of carbonyl (C=O) groups is 1. The van der Waals surface area contributed by atoms with E-state index in [2.05, 4.69) is 0 Å². The Morgan fingerprint density at radius 3 is 2.88 bits per heavy atom. The molecule has 1 aromatic rings. The number of phenols is 1. The smallest absolute Gasteiger partial charge is 0.173 e. The van der Waals surface area contributed by atoms with Crippen molar-refractivity contribution in [1.82, 2.24) is 0 Å². The number of allylic oxidation sites excluding steroid dienone is 2. The van der Waals surface area contributed by atoms with Crippen molar-refractivity contribution < 1.29 is 14.3 Å². The van der Waals surface area contributed by atoms with E-state index in [0.717, 1.165) is 36.8 Å². The van der Waals surface area contributed by atoms with E-state index >= 15 is 0 Å². The lowest BCUT2D eigenvalue weighted by Crippen LogP contribution is -2.40. The van der Waals surface area contributed by atoms with Crippen LogP contribution in [0, 0.1) is 28.1 Å². The molecule has 4 heteroatoms. The molecule has 1 N–H and O–H groups in total. The molecule has 0 aromatic heterocycles. The summed E-state index contributed by atoms with van der Waals surface area (Å²) in [6, 6.07) is 5.52. The zero-order valence-electron chi connectivity index (χ0n) is 13.5. The van der Waals surface area contributed by atoms with Gasteiger partial charge in [0.15, 0.2) is 12.0 Å². The van der Waals surface area contributed by atoms with Gasteiger partial charge in [-0.3, -0.25) is 4.79 Å². The Bertz CT molecular complexity index is 896. The molecule has 4 aliphatic carbocycles. The maximum atomic E-state index is 14.5. The van der Waals surface area contributed by atoms with Crippen molar-refractivity contribution in [2.24, 2.45) is 16.7 Å². The standard InChI is InChI=1S/C20H18FNO2/c1-19-5-4-12-13-6-11(9-22)16(23)7-10(13)2-3-14(12)20(19)8-15(20)17(21)18(19)24/h6-7,15,17,23H,2-5,8H2,1H3/t15?,17-,19-,20?/m1/s1. The van der Waals surface area contributed by atoms with Gasteiger partial charge in [0.05, 0.1) is 5.56 Å². The number of aromatic hydroxyl groups is 1. The molecule has 5 rings (SSSR count). The van der Waals surface area contributed by atoms with Gasteiger partial charge in [0.1, 0.15) is 11.8 Å². The summed E-state index contributed by atoms with van der Waals surface area (Å²) < 4.78 is 14.5. The number of nitriles is 1. The van der Waals surface area contributed by atoms with Crippen molar-refractivity contribution in [3.63, 3.8) is 0 Å². The molecule has 0 heterocycles. The van der Waals surface area contributed by atoms with Crippen LogP contribution in [0.25, 0.3) is 5.57 Å². The van der Waals surface area contributed by atoms with Crippen molar-refractivity contribution in [3.05, 3.63) is 34.4 Å². The Balaban J connectivity index is 1.73. The number of rotatable bonds is 0. The lowest BCUT2D eigenvalue weighted by Gasteiger charge is -2.43. The normalized spacial score (nSPS) is 38.8. The highest BCUT2D eigenvalue weighted by Gasteiger charge is 2.79. The van der Waals surface area contributed by atoms with Crippen molar-refractivity contribution >= 4 is 11.4 Å². The Morgan fingerprint density at radius 1 is 1.33 bits per heavy atom. The second-order valence-corrected chi connectivity index (χ2v) is 7.98. The monoisotopic (exact) mass is 323 g/mol. The second-order valence-electron chi connectivity index (χ2n) is 7.98. The van der Waals surface area contributed by atoms with Crippen LogP contribution in [0.5, 0.6) is 5.75 Å². The molecule has 0 bridgehead atoms. The molecule has 0 amide bonds. The molecule has 2 unspecified atom stereocenters. The van der Waals surface area contributed by atoms with Gasteiger partial charge in [0.25, 0.3) is 0 Å². The van der Waals surface area contributed by atoms with Gasteiger partial charge in [0.2, 0.25) is 0 Å². The quantitative estimate of drug-likeness (QED) is 0.792. The number of phenolic OH excluding ortho intramolecular Hbond substituents is 1. The van der Waals surface area contributed by atoms with E-state index in [9.17, 15) is 19.6 Å². The third kappa shape index (κ3) is 1.33. The van der Waals surface area contributed by atoms with E-state index in [-0.39, 0.29) is 28.4 Å².